The van der Waals surface area contributed by atoms with Crippen molar-refractivity contribution in [2.45, 2.75) is 92.0 Å². The molecule has 13 heteroatoms. The Kier molecular flexibility index (Phi) is 7.61. The van der Waals surface area contributed by atoms with E-state index in [-0.39, 0.29) is 47.1 Å². The van der Waals surface area contributed by atoms with E-state index in [2.05, 4.69) is 46.0 Å². The number of aliphatic hydroxyl groups is 1. The van der Waals surface area contributed by atoms with Crippen molar-refractivity contribution >= 4 is 28.7 Å². The lowest BCUT2D eigenvalue weighted by Crippen LogP contribution is -2.63. The summed E-state index contributed by atoms with van der Waals surface area (Å²) in [7, 11) is 0. The number of ketones is 1. The molecule has 3 fully saturated rings. The smallest absolute Gasteiger partial charge is 0.328 e. The van der Waals surface area contributed by atoms with Gasteiger partial charge in [0.25, 0.3) is 0 Å². The van der Waals surface area contributed by atoms with E-state index < -0.39 is 29.0 Å². The third kappa shape index (κ3) is 4.96. The lowest BCUT2D eigenvalue weighted by atomic mass is 9.44. The van der Waals surface area contributed by atoms with Gasteiger partial charge in [-0.25, -0.2) is 19.6 Å². The third-order valence-electron chi connectivity index (χ3n) is 12.3. The van der Waals surface area contributed by atoms with E-state index in [0.717, 1.165) is 19.3 Å². The van der Waals surface area contributed by atoms with Gasteiger partial charge in [-0.2, -0.15) is 0 Å². The van der Waals surface area contributed by atoms with E-state index in [1.54, 1.807) is 29.2 Å². The van der Waals surface area contributed by atoms with Crippen molar-refractivity contribution in [3.05, 3.63) is 42.6 Å². The number of Topliss-reactive ketones (excluding diaryl/α,β-unsaturated/α-hetero) is 1. The monoisotopic (exact) mass is 656 g/mol. The SMILES string of the molecule is C[C@@H]1CC[C@@]23CCC(=O)[C@H]2[C@]1(C)[C@H](OC(=O)Cn1cc(-c2ccc(Cn4cnc5c(N)ncnc54)c(O)c2)nn1)CC(C)(C)[C@@H](O)[C@@H]3C. The molecule has 0 spiro atoms. The Morgan fingerprint density at radius 1 is 1.15 bits per heavy atom. The Labute approximate surface area is 278 Å². The van der Waals surface area contributed by atoms with E-state index in [0.29, 0.717) is 47.4 Å². The number of nitrogens with two attached hydrogens (primary N) is 1. The molecule has 3 aromatic heterocycles. The van der Waals surface area contributed by atoms with Gasteiger partial charge in [-0.15, -0.1) is 5.10 Å². The highest BCUT2D eigenvalue weighted by Gasteiger charge is 2.68. The van der Waals surface area contributed by atoms with Gasteiger partial charge >= 0.3 is 5.97 Å². The Balaban J connectivity index is 1.09. The molecule has 48 heavy (non-hydrogen) atoms. The molecule has 4 N–H and O–H groups in total. The Morgan fingerprint density at radius 2 is 1.94 bits per heavy atom. The van der Waals surface area contributed by atoms with E-state index in [1.807, 2.05) is 19.9 Å². The average molecular weight is 657 g/mol. The number of nitrogen functional groups attached to an aromatic ring is 1. The van der Waals surface area contributed by atoms with Gasteiger partial charge in [0.2, 0.25) is 0 Å². The van der Waals surface area contributed by atoms with E-state index in [4.69, 9.17) is 10.5 Å². The largest absolute Gasteiger partial charge is 0.508 e. The van der Waals surface area contributed by atoms with Crippen molar-refractivity contribution in [1.29, 1.82) is 0 Å². The van der Waals surface area contributed by atoms with Crippen LogP contribution in [0.15, 0.2) is 37.1 Å². The first-order chi connectivity index (χ1) is 22.7. The van der Waals surface area contributed by atoms with E-state index >= 15 is 0 Å². The maximum atomic E-state index is 13.6. The van der Waals surface area contributed by atoms with Crippen LogP contribution in [0.2, 0.25) is 0 Å². The fraction of sp³-hybridized carbons (Fsp3) is 0.571. The molecule has 0 aliphatic heterocycles. The van der Waals surface area contributed by atoms with Crippen LogP contribution < -0.4 is 5.73 Å². The number of rotatable bonds is 6. The fourth-order valence-corrected chi connectivity index (χ4v) is 9.37. The number of ether oxygens (including phenoxy) is 1. The number of hydrogen-bond donors (Lipinski definition) is 3. The number of hydrogen-bond acceptors (Lipinski definition) is 11. The molecular weight excluding hydrogens is 612 g/mol. The zero-order valence-corrected chi connectivity index (χ0v) is 28.1. The molecule has 0 unspecified atom stereocenters. The number of carbonyl (C=O) groups excluding carboxylic acids is 2. The van der Waals surface area contributed by atoms with Gasteiger partial charge < -0.3 is 25.3 Å². The number of anilines is 1. The minimum atomic E-state index is -0.627. The van der Waals surface area contributed by atoms with Crippen molar-refractivity contribution in [2.75, 3.05) is 5.73 Å². The van der Waals surface area contributed by atoms with Crippen LogP contribution in [0, 0.1) is 34.0 Å². The number of benzene rings is 1. The Hall–Kier alpha value is -4.39. The first-order valence-corrected chi connectivity index (χ1v) is 16.8. The highest BCUT2D eigenvalue weighted by atomic mass is 16.5. The highest BCUT2D eigenvalue weighted by molar-refractivity contribution is 5.86. The van der Waals surface area contributed by atoms with Gasteiger partial charge in [0.1, 0.15) is 41.7 Å². The number of phenols is 1. The molecule has 7 atom stereocenters. The number of fused-ring (bicyclic) bond motifs is 1. The number of phenolic OH excluding ortho intramolecular Hbond substituents is 1. The van der Waals surface area contributed by atoms with Crippen molar-refractivity contribution in [3.8, 4) is 17.0 Å². The molecule has 2 bridgehead atoms. The Bertz CT molecular complexity index is 1900. The van der Waals surface area contributed by atoms with E-state index in [9.17, 15) is 19.8 Å². The van der Waals surface area contributed by atoms with Crippen LogP contribution in [0.1, 0.15) is 72.3 Å². The van der Waals surface area contributed by atoms with Gasteiger partial charge in [0, 0.05) is 28.9 Å². The van der Waals surface area contributed by atoms with Gasteiger partial charge in [-0.1, -0.05) is 52.0 Å². The zero-order chi connectivity index (χ0) is 34.2. The number of imidazole rings is 1. The standard InChI is InChI=1S/C35H44N8O5/c1-19-8-10-35-11-9-24(44)29(35)34(19,5)26(13-33(3,4)30(47)20(35)2)48-27(46)16-43-15-23(40-41-43)21-6-7-22(25(45)12-21)14-42-18-39-28-31(36)37-17-38-32(28)42/h6-7,12,15,17-20,26,29-30,45,47H,8-11,13-14,16H2,1-5H3,(H2,36,37,38)/t19-,20+,26-,29+,30+,34+,35+/m1/s1. The quantitative estimate of drug-likeness (QED) is 0.253. The van der Waals surface area contributed by atoms with Crippen molar-refractivity contribution in [3.63, 3.8) is 0 Å². The predicted molar refractivity (Wildman–Crippen MR) is 176 cm³/mol. The van der Waals surface area contributed by atoms with Crippen molar-refractivity contribution in [2.24, 2.45) is 34.0 Å². The summed E-state index contributed by atoms with van der Waals surface area (Å²) in [6.45, 7) is 10.7. The number of nitrogens with zero attached hydrogens (tertiary/aromatic N) is 7. The molecule has 3 heterocycles. The van der Waals surface area contributed by atoms with Crippen LogP contribution in [0.5, 0.6) is 5.75 Å². The van der Waals surface area contributed by atoms with Crippen LogP contribution in [-0.4, -0.2) is 68.7 Å². The normalized spacial score (nSPS) is 31.3. The zero-order valence-electron chi connectivity index (χ0n) is 28.1. The number of carbonyl (C=O) groups is 2. The molecule has 13 nitrogen and oxygen atoms in total. The first-order valence-electron chi connectivity index (χ1n) is 16.8. The molecule has 0 radical (unpaired) electrons. The van der Waals surface area contributed by atoms with Gasteiger partial charge in [-0.3, -0.25) is 9.59 Å². The van der Waals surface area contributed by atoms with Crippen LogP contribution in [0.25, 0.3) is 22.4 Å². The summed E-state index contributed by atoms with van der Waals surface area (Å²) in [5.41, 5.74) is 7.35. The molecule has 7 rings (SSSR count). The number of aromatic nitrogens is 7. The number of esters is 1. The second-order valence-electron chi connectivity index (χ2n) is 15.3. The molecule has 0 saturated heterocycles. The molecule has 3 aliphatic carbocycles. The summed E-state index contributed by atoms with van der Waals surface area (Å²) >= 11 is 0. The van der Waals surface area contributed by atoms with Crippen molar-refractivity contribution in [1.82, 2.24) is 34.5 Å². The number of aliphatic hydroxyl groups excluding tert-OH is 1. The molecule has 3 saturated carbocycles. The summed E-state index contributed by atoms with van der Waals surface area (Å²) in [6.07, 6.45) is 7.00. The lowest BCUT2D eigenvalue weighted by molar-refractivity contribution is -0.210. The van der Waals surface area contributed by atoms with Crippen LogP contribution in [-0.2, 0) is 27.4 Å². The maximum Gasteiger partial charge on any atom is 0.328 e. The maximum absolute atomic E-state index is 13.6. The molecular formula is C35H44N8O5. The average Bonchev–Trinajstić information content (AvgIpc) is 3.77. The van der Waals surface area contributed by atoms with Crippen LogP contribution in [0.3, 0.4) is 0 Å². The molecule has 0 amide bonds. The van der Waals surface area contributed by atoms with Gasteiger partial charge in [0.05, 0.1) is 25.2 Å². The summed E-state index contributed by atoms with van der Waals surface area (Å²) in [4.78, 5) is 39.7. The summed E-state index contributed by atoms with van der Waals surface area (Å²) < 4.78 is 9.55. The summed E-state index contributed by atoms with van der Waals surface area (Å²) in [5.74, 6) is -0.0240. The molecule has 254 valence electrons. The topological polar surface area (TPSA) is 184 Å². The minimum Gasteiger partial charge on any atom is -0.508 e. The second kappa shape index (κ2) is 11.4. The predicted octanol–water partition coefficient (Wildman–Crippen LogP) is 4.16. The number of aromatic hydroxyl groups is 1. The van der Waals surface area contributed by atoms with E-state index in [1.165, 1.54) is 11.0 Å². The summed E-state index contributed by atoms with van der Waals surface area (Å²) in [6, 6.07) is 5.21. The Morgan fingerprint density at radius 3 is 2.71 bits per heavy atom. The third-order valence-corrected chi connectivity index (χ3v) is 12.3. The second-order valence-corrected chi connectivity index (χ2v) is 15.3. The van der Waals surface area contributed by atoms with Gasteiger partial charge in [0.15, 0.2) is 11.5 Å². The fourth-order valence-electron chi connectivity index (χ4n) is 9.37. The lowest BCUT2D eigenvalue weighted by Gasteiger charge is -2.61. The van der Waals surface area contributed by atoms with Crippen LogP contribution >= 0.6 is 0 Å². The molecule has 3 aliphatic rings. The first kappa shape index (κ1) is 32.2. The highest BCUT2D eigenvalue weighted by Crippen LogP contribution is 2.67. The van der Waals surface area contributed by atoms with Crippen LogP contribution in [0.4, 0.5) is 5.82 Å². The van der Waals surface area contributed by atoms with Gasteiger partial charge in [-0.05, 0) is 54.4 Å². The minimum absolute atomic E-state index is 0.0331. The molecule has 1 aromatic carbocycles. The molecule has 4 aromatic rings. The van der Waals surface area contributed by atoms with Crippen molar-refractivity contribution < 1.29 is 24.5 Å². The summed E-state index contributed by atoms with van der Waals surface area (Å²) in [5, 5.41) is 30.9.